The van der Waals surface area contributed by atoms with Crippen LogP contribution < -0.4 is 0 Å². The Balaban J connectivity index is 5.41. The monoisotopic (exact) mass is 334 g/mol. The highest BCUT2D eigenvalue weighted by atomic mass is 16.6. The Labute approximate surface area is 134 Å². The summed E-state index contributed by atoms with van der Waals surface area (Å²) < 4.78 is 24.9. The van der Waals surface area contributed by atoms with Gasteiger partial charge >= 0.3 is 23.9 Å². The largest absolute Gasteiger partial charge is 0.462 e. The van der Waals surface area contributed by atoms with Crippen LogP contribution >= 0.6 is 0 Å². The minimum atomic E-state index is -1.19. The maximum atomic E-state index is 11.3. The molecule has 9 nitrogen and oxygen atoms in total. The predicted molar refractivity (Wildman–Crippen MR) is 75.2 cm³/mol. The molecule has 0 aliphatic rings. The minimum absolute atomic E-state index is 0.116. The van der Waals surface area contributed by atoms with Crippen LogP contribution in [0.1, 0.15) is 27.7 Å². The third-order valence-electron chi connectivity index (χ3n) is 2.45. The highest BCUT2D eigenvalue weighted by Crippen LogP contribution is 2.15. The van der Waals surface area contributed by atoms with E-state index >= 15 is 0 Å². The first-order valence-corrected chi connectivity index (χ1v) is 6.81. The number of methoxy groups -OCH3 is 1. The van der Waals surface area contributed by atoms with Crippen molar-refractivity contribution in [3.05, 3.63) is 0 Å². The third kappa shape index (κ3) is 9.46. The van der Waals surface area contributed by atoms with Crippen LogP contribution in [-0.4, -0.2) is 62.5 Å². The molecule has 3 atom stereocenters. The maximum Gasteiger partial charge on any atom is 0.303 e. The molecule has 0 rings (SSSR count). The van der Waals surface area contributed by atoms with Gasteiger partial charge in [-0.25, -0.2) is 0 Å². The first-order valence-electron chi connectivity index (χ1n) is 6.81. The number of ether oxygens (including phenoxy) is 5. The van der Waals surface area contributed by atoms with E-state index in [1.54, 1.807) is 0 Å². The van der Waals surface area contributed by atoms with E-state index in [9.17, 15) is 19.2 Å². The zero-order valence-electron chi connectivity index (χ0n) is 13.8. The Bertz CT molecular complexity index is 432. The average Bonchev–Trinajstić information content (AvgIpc) is 2.39. The van der Waals surface area contributed by atoms with E-state index in [2.05, 4.69) is 0 Å². The summed E-state index contributed by atoms with van der Waals surface area (Å²) >= 11 is 0. The van der Waals surface area contributed by atoms with Gasteiger partial charge < -0.3 is 23.7 Å². The van der Waals surface area contributed by atoms with Gasteiger partial charge in [0.05, 0.1) is 6.61 Å². The lowest BCUT2D eigenvalue weighted by Gasteiger charge is -2.31. The van der Waals surface area contributed by atoms with Gasteiger partial charge in [0.25, 0.3) is 0 Å². The van der Waals surface area contributed by atoms with Crippen LogP contribution in [0.5, 0.6) is 0 Å². The Morgan fingerprint density at radius 1 is 0.696 bits per heavy atom. The van der Waals surface area contributed by atoms with Crippen molar-refractivity contribution in [2.75, 3.05) is 20.3 Å². The number of hydrogen-bond acceptors (Lipinski definition) is 9. The van der Waals surface area contributed by atoms with Gasteiger partial charge in [0.15, 0.2) is 18.3 Å². The van der Waals surface area contributed by atoms with Crippen LogP contribution in [0.15, 0.2) is 0 Å². The Hall–Kier alpha value is -2.16. The first kappa shape index (κ1) is 20.8. The number of esters is 4. The number of carbonyl (C=O) groups is 4. The molecule has 0 unspecified atom stereocenters. The molecular formula is C14H22O9. The average molecular weight is 334 g/mol. The van der Waals surface area contributed by atoms with Crippen molar-refractivity contribution in [2.45, 2.75) is 46.0 Å². The SMILES string of the molecule is COC[C@H](OC(C)=O)[C@@H](OC(C)=O)[C@@H](COC(C)=O)OC(C)=O. The van der Waals surface area contributed by atoms with Gasteiger partial charge in [-0.3, -0.25) is 19.2 Å². The topological polar surface area (TPSA) is 114 Å². The Morgan fingerprint density at radius 2 is 1.13 bits per heavy atom. The van der Waals surface area contributed by atoms with E-state index in [1.807, 2.05) is 0 Å². The fourth-order valence-electron chi connectivity index (χ4n) is 1.76. The van der Waals surface area contributed by atoms with E-state index in [0.29, 0.717) is 0 Å². The van der Waals surface area contributed by atoms with Gasteiger partial charge in [-0.15, -0.1) is 0 Å². The van der Waals surface area contributed by atoms with Gasteiger partial charge in [0.2, 0.25) is 0 Å². The molecule has 23 heavy (non-hydrogen) atoms. The molecule has 0 aromatic carbocycles. The van der Waals surface area contributed by atoms with Gasteiger partial charge in [-0.05, 0) is 0 Å². The molecule has 0 saturated heterocycles. The molecule has 0 aromatic rings. The summed E-state index contributed by atoms with van der Waals surface area (Å²) in [4.78, 5) is 44.8. The summed E-state index contributed by atoms with van der Waals surface area (Å²) in [5, 5.41) is 0. The van der Waals surface area contributed by atoms with Crippen molar-refractivity contribution in [1.29, 1.82) is 0 Å². The van der Waals surface area contributed by atoms with Crippen LogP contribution in [0, 0.1) is 0 Å². The van der Waals surface area contributed by atoms with Gasteiger partial charge in [0, 0.05) is 34.8 Å². The van der Waals surface area contributed by atoms with Crippen LogP contribution in [-0.2, 0) is 42.9 Å². The molecule has 0 spiro atoms. The van der Waals surface area contributed by atoms with Crippen molar-refractivity contribution >= 4 is 23.9 Å². The zero-order chi connectivity index (χ0) is 18.0. The molecule has 0 aliphatic heterocycles. The normalized spacial score (nSPS) is 14.1. The first-order chi connectivity index (χ1) is 10.7. The molecular weight excluding hydrogens is 312 g/mol. The molecule has 0 N–H and O–H groups in total. The van der Waals surface area contributed by atoms with Gasteiger partial charge in [-0.2, -0.15) is 0 Å². The molecule has 0 fully saturated rings. The van der Waals surface area contributed by atoms with E-state index in [4.69, 9.17) is 23.7 Å². The lowest BCUT2D eigenvalue weighted by atomic mass is 10.1. The highest BCUT2D eigenvalue weighted by Gasteiger charge is 2.37. The van der Waals surface area contributed by atoms with E-state index in [0.717, 1.165) is 13.8 Å². The number of rotatable bonds is 9. The second kappa shape index (κ2) is 10.5. The Kier molecular flexibility index (Phi) is 9.56. The maximum absolute atomic E-state index is 11.3. The van der Waals surface area contributed by atoms with Crippen molar-refractivity contribution < 1.29 is 42.9 Å². The lowest BCUT2D eigenvalue weighted by molar-refractivity contribution is -0.192. The van der Waals surface area contributed by atoms with Crippen molar-refractivity contribution in [1.82, 2.24) is 0 Å². The predicted octanol–water partition coefficient (Wildman–Crippen LogP) is -0.00900. The second-order valence-electron chi connectivity index (χ2n) is 4.63. The van der Waals surface area contributed by atoms with Crippen molar-refractivity contribution in [2.24, 2.45) is 0 Å². The number of carbonyl (C=O) groups excluding carboxylic acids is 4. The zero-order valence-corrected chi connectivity index (χ0v) is 13.8. The highest BCUT2D eigenvalue weighted by molar-refractivity contribution is 5.68. The van der Waals surface area contributed by atoms with E-state index < -0.39 is 42.2 Å². The Morgan fingerprint density at radius 3 is 1.48 bits per heavy atom. The van der Waals surface area contributed by atoms with Crippen LogP contribution in [0.25, 0.3) is 0 Å². The van der Waals surface area contributed by atoms with Crippen molar-refractivity contribution in [3.63, 3.8) is 0 Å². The summed E-state index contributed by atoms with van der Waals surface area (Å²) in [5.41, 5.74) is 0. The standard InChI is InChI=1S/C14H22O9/c1-8(15)20-7-13(22-10(3)17)14(23-11(4)18)12(6-19-5)21-9(2)16/h12-14H,6-7H2,1-5H3/t12-,13+,14+/m0/s1. The molecule has 0 heterocycles. The molecule has 0 saturated carbocycles. The molecule has 0 amide bonds. The number of hydrogen-bond donors (Lipinski definition) is 0. The van der Waals surface area contributed by atoms with Crippen molar-refractivity contribution in [3.8, 4) is 0 Å². The lowest BCUT2D eigenvalue weighted by Crippen LogP contribution is -2.49. The quantitative estimate of drug-likeness (QED) is 0.424. The molecule has 0 bridgehead atoms. The van der Waals surface area contributed by atoms with Crippen LogP contribution in [0.4, 0.5) is 0 Å². The fraction of sp³-hybridized carbons (Fsp3) is 0.714. The fourth-order valence-corrected chi connectivity index (χ4v) is 1.76. The second-order valence-corrected chi connectivity index (χ2v) is 4.63. The van der Waals surface area contributed by atoms with Gasteiger partial charge in [0.1, 0.15) is 6.61 Å². The summed E-state index contributed by atoms with van der Waals surface area (Å²) in [6.07, 6.45) is -3.39. The molecule has 132 valence electrons. The third-order valence-corrected chi connectivity index (χ3v) is 2.45. The van der Waals surface area contributed by atoms with Crippen LogP contribution in [0.2, 0.25) is 0 Å². The molecule has 0 radical (unpaired) electrons. The molecule has 0 aliphatic carbocycles. The molecule has 9 heteroatoms. The molecule has 0 aromatic heterocycles. The smallest absolute Gasteiger partial charge is 0.303 e. The summed E-state index contributed by atoms with van der Waals surface area (Å²) in [5.74, 6) is -2.63. The van der Waals surface area contributed by atoms with E-state index in [1.165, 1.54) is 21.0 Å². The summed E-state index contributed by atoms with van der Waals surface area (Å²) in [6.45, 7) is 4.14. The van der Waals surface area contributed by atoms with E-state index in [-0.39, 0.29) is 13.2 Å². The van der Waals surface area contributed by atoms with Gasteiger partial charge in [-0.1, -0.05) is 0 Å². The summed E-state index contributed by atoms with van der Waals surface area (Å²) in [7, 11) is 1.36. The van der Waals surface area contributed by atoms with Crippen LogP contribution in [0.3, 0.4) is 0 Å². The minimum Gasteiger partial charge on any atom is -0.462 e. The summed E-state index contributed by atoms with van der Waals surface area (Å²) in [6, 6.07) is 0.